The van der Waals surface area contributed by atoms with Gasteiger partial charge >= 0.3 is 6.18 Å². The lowest BCUT2D eigenvalue weighted by Crippen LogP contribution is -2.40. The van der Waals surface area contributed by atoms with E-state index >= 15 is 0 Å². The van der Waals surface area contributed by atoms with Gasteiger partial charge in [0.05, 0.1) is 6.04 Å². The molecule has 2 aliphatic rings. The fraction of sp³-hybridized carbons (Fsp3) is 0.714. The largest absolute Gasteiger partial charge is 0.435 e. The van der Waals surface area contributed by atoms with E-state index in [9.17, 15) is 18.0 Å². The first-order valence-electron chi connectivity index (χ1n) is 7.27. The predicted molar refractivity (Wildman–Crippen MR) is 69.4 cm³/mol. The molecule has 0 spiro atoms. The molecule has 21 heavy (non-hydrogen) atoms. The van der Waals surface area contributed by atoms with Crippen molar-refractivity contribution in [3.63, 3.8) is 0 Å². The second kappa shape index (κ2) is 5.03. The van der Waals surface area contributed by atoms with Crippen molar-refractivity contribution in [1.29, 1.82) is 0 Å². The summed E-state index contributed by atoms with van der Waals surface area (Å²) in [5.41, 5.74) is -0.854. The van der Waals surface area contributed by atoms with E-state index in [0.717, 1.165) is 12.5 Å². The van der Waals surface area contributed by atoms with Gasteiger partial charge in [-0.25, -0.2) is 0 Å². The van der Waals surface area contributed by atoms with Crippen LogP contribution in [-0.4, -0.2) is 33.7 Å². The molecule has 7 heteroatoms. The number of carbonyl (C=O) groups excluding carboxylic acids is 1. The zero-order valence-electron chi connectivity index (χ0n) is 11.8. The lowest BCUT2D eigenvalue weighted by molar-refractivity contribution is -0.141. The zero-order chi connectivity index (χ0) is 15.2. The number of rotatable bonds is 2. The Balaban J connectivity index is 1.58. The van der Waals surface area contributed by atoms with E-state index in [2.05, 4.69) is 12.0 Å². The molecule has 1 saturated heterocycles. The van der Waals surface area contributed by atoms with Crippen LogP contribution >= 0.6 is 0 Å². The normalized spacial score (nSPS) is 27.0. The zero-order valence-corrected chi connectivity index (χ0v) is 11.8. The minimum absolute atomic E-state index is 0.0539. The summed E-state index contributed by atoms with van der Waals surface area (Å²) < 4.78 is 39.0. The number of aromatic nitrogens is 2. The third-order valence-corrected chi connectivity index (χ3v) is 4.48. The summed E-state index contributed by atoms with van der Waals surface area (Å²) >= 11 is 0. The summed E-state index contributed by atoms with van der Waals surface area (Å²) in [4.78, 5) is 14.0. The summed E-state index contributed by atoms with van der Waals surface area (Å²) in [7, 11) is 0. The maximum Gasteiger partial charge on any atom is 0.435 e. The number of amides is 1. The monoisotopic (exact) mass is 301 g/mol. The van der Waals surface area contributed by atoms with Crippen LogP contribution in [0.4, 0.5) is 13.2 Å². The molecule has 1 aromatic rings. The van der Waals surface area contributed by atoms with Crippen LogP contribution in [0.15, 0.2) is 12.3 Å². The molecule has 1 saturated carbocycles. The van der Waals surface area contributed by atoms with E-state index in [1.165, 1.54) is 10.9 Å². The van der Waals surface area contributed by atoms with Crippen molar-refractivity contribution in [2.75, 3.05) is 13.1 Å². The minimum Gasteiger partial charge on any atom is -0.342 e. The van der Waals surface area contributed by atoms with Gasteiger partial charge in [-0.3, -0.25) is 9.48 Å². The van der Waals surface area contributed by atoms with Gasteiger partial charge in [-0.15, -0.1) is 0 Å². The molecule has 2 fully saturated rings. The molecule has 4 nitrogen and oxygen atoms in total. The molecule has 1 aliphatic carbocycles. The highest BCUT2D eigenvalue weighted by molar-refractivity contribution is 5.81. The van der Waals surface area contributed by atoms with Crippen LogP contribution in [0.3, 0.4) is 0 Å². The average molecular weight is 301 g/mol. The van der Waals surface area contributed by atoms with Gasteiger partial charge in [0, 0.05) is 25.2 Å². The van der Waals surface area contributed by atoms with E-state index in [-0.39, 0.29) is 17.9 Å². The first-order valence-corrected chi connectivity index (χ1v) is 7.27. The molecule has 0 N–H and O–H groups in total. The molecule has 1 amide bonds. The van der Waals surface area contributed by atoms with Crippen LogP contribution in [0.5, 0.6) is 0 Å². The Morgan fingerprint density at radius 2 is 1.95 bits per heavy atom. The predicted octanol–water partition coefficient (Wildman–Crippen LogP) is 2.72. The van der Waals surface area contributed by atoms with Crippen LogP contribution in [-0.2, 0) is 11.0 Å². The number of piperidine rings is 1. The highest BCUT2D eigenvalue weighted by Crippen LogP contribution is 2.40. The quantitative estimate of drug-likeness (QED) is 0.842. The van der Waals surface area contributed by atoms with E-state index < -0.39 is 11.9 Å². The van der Waals surface area contributed by atoms with Gasteiger partial charge < -0.3 is 4.90 Å². The molecule has 3 rings (SSSR count). The third kappa shape index (κ3) is 2.91. The smallest absolute Gasteiger partial charge is 0.342 e. The molecular formula is C14H18F3N3O. The number of carbonyl (C=O) groups is 1. The molecule has 2 heterocycles. The maximum absolute atomic E-state index is 12.5. The number of alkyl halides is 3. The first-order chi connectivity index (χ1) is 9.86. The van der Waals surface area contributed by atoms with Crippen LogP contribution < -0.4 is 0 Å². The van der Waals surface area contributed by atoms with Crippen molar-refractivity contribution in [3.8, 4) is 0 Å². The topological polar surface area (TPSA) is 38.1 Å². The van der Waals surface area contributed by atoms with Crippen molar-refractivity contribution in [1.82, 2.24) is 14.7 Å². The number of hydrogen-bond acceptors (Lipinski definition) is 2. The van der Waals surface area contributed by atoms with Crippen LogP contribution in [0.2, 0.25) is 0 Å². The fourth-order valence-electron chi connectivity index (χ4n) is 2.94. The first kappa shape index (κ1) is 14.4. The van der Waals surface area contributed by atoms with Gasteiger partial charge in [0.25, 0.3) is 0 Å². The van der Waals surface area contributed by atoms with Gasteiger partial charge in [-0.1, -0.05) is 6.92 Å². The SMILES string of the molecule is C[C@@H]1C[C@H]1C(=O)N1CCC(n2ccc(C(F)(F)F)n2)CC1. The average Bonchev–Trinajstić information content (AvgIpc) is 2.97. The highest BCUT2D eigenvalue weighted by Gasteiger charge is 2.42. The van der Waals surface area contributed by atoms with Crippen molar-refractivity contribution in [3.05, 3.63) is 18.0 Å². The maximum atomic E-state index is 12.5. The Kier molecular flexibility index (Phi) is 3.45. The van der Waals surface area contributed by atoms with E-state index in [0.29, 0.717) is 31.8 Å². The van der Waals surface area contributed by atoms with Crippen molar-refractivity contribution in [2.24, 2.45) is 11.8 Å². The van der Waals surface area contributed by atoms with Gasteiger partial charge in [0.1, 0.15) is 0 Å². The summed E-state index contributed by atoms with van der Waals surface area (Å²) in [5.74, 6) is 0.858. The minimum atomic E-state index is -4.40. The van der Waals surface area contributed by atoms with E-state index in [1.54, 1.807) is 0 Å². The Bertz CT molecular complexity index is 532. The number of likely N-dealkylation sites (tertiary alicyclic amines) is 1. The van der Waals surface area contributed by atoms with Crippen molar-refractivity contribution in [2.45, 2.75) is 38.4 Å². The number of hydrogen-bond donors (Lipinski definition) is 0. The van der Waals surface area contributed by atoms with Crippen LogP contribution in [0.25, 0.3) is 0 Å². The van der Waals surface area contributed by atoms with Gasteiger partial charge in [-0.05, 0) is 31.2 Å². The van der Waals surface area contributed by atoms with Gasteiger partial charge in [-0.2, -0.15) is 18.3 Å². The summed E-state index contributed by atoms with van der Waals surface area (Å²) in [6.07, 6.45) is -0.734. The van der Waals surface area contributed by atoms with Gasteiger partial charge in [0.15, 0.2) is 5.69 Å². The molecule has 0 aromatic carbocycles. The molecule has 1 aliphatic heterocycles. The molecular weight excluding hydrogens is 283 g/mol. The van der Waals surface area contributed by atoms with E-state index in [1.807, 2.05) is 4.90 Å². The van der Waals surface area contributed by atoms with Crippen LogP contribution in [0.1, 0.15) is 37.9 Å². The number of nitrogens with zero attached hydrogens (tertiary/aromatic N) is 3. The lowest BCUT2D eigenvalue weighted by Gasteiger charge is -2.32. The summed E-state index contributed by atoms with van der Waals surface area (Å²) in [5, 5.41) is 3.62. The van der Waals surface area contributed by atoms with E-state index in [4.69, 9.17) is 0 Å². The Hall–Kier alpha value is -1.53. The molecule has 2 atom stereocenters. The Labute approximate surface area is 120 Å². The molecule has 0 unspecified atom stereocenters. The third-order valence-electron chi connectivity index (χ3n) is 4.48. The molecule has 0 radical (unpaired) electrons. The van der Waals surface area contributed by atoms with Gasteiger partial charge in [0.2, 0.25) is 5.91 Å². The van der Waals surface area contributed by atoms with Crippen molar-refractivity contribution >= 4 is 5.91 Å². The number of halogens is 3. The second-order valence-corrected chi connectivity index (χ2v) is 6.05. The Morgan fingerprint density at radius 3 is 2.43 bits per heavy atom. The van der Waals surface area contributed by atoms with Crippen LogP contribution in [0, 0.1) is 11.8 Å². The molecule has 116 valence electrons. The Morgan fingerprint density at radius 1 is 1.33 bits per heavy atom. The summed E-state index contributed by atoms with van der Waals surface area (Å²) in [6.45, 7) is 3.28. The fourth-order valence-corrected chi connectivity index (χ4v) is 2.94. The summed E-state index contributed by atoms with van der Waals surface area (Å²) in [6, 6.07) is 0.949. The molecule has 1 aromatic heterocycles. The highest BCUT2D eigenvalue weighted by atomic mass is 19.4. The second-order valence-electron chi connectivity index (χ2n) is 6.05. The van der Waals surface area contributed by atoms with Crippen molar-refractivity contribution < 1.29 is 18.0 Å². The molecule has 0 bridgehead atoms. The standard InChI is InChI=1S/C14H18F3N3O/c1-9-8-11(9)13(21)19-5-2-10(3-6-19)20-7-4-12(18-20)14(15,16)17/h4,7,9-11H,2-3,5-6,8H2,1H3/t9-,11-/m1/s1. The lowest BCUT2D eigenvalue weighted by atomic mass is 10.0.